The zero-order chi connectivity index (χ0) is 6.41. The van der Waals surface area contributed by atoms with Crippen LogP contribution in [0.2, 0.25) is 0 Å². The molecule has 8 heavy (non-hydrogen) atoms. The Hall–Kier alpha value is -0.300. The van der Waals surface area contributed by atoms with Crippen LogP contribution in [0.25, 0.3) is 0 Å². The molecule has 1 radical (unpaired) electrons. The molecule has 0 bridgehead atoms. The molecule has 1 nitrogen and oxygen atoms in total. The molecular weight excluding hydrogens is 100 g/mol. The molecule has 1 unspecified atom stereocenters. The Bertz CT molecular complexity index is 66.8. The Labute approximate surface area is 51.0 Å². The molecule has 0 aromatic rings. The van der Waals surface area contributed by atoms with Crippen LogP contribution in [0.5, 0.6) is 0 Å². The lowest BCUT2D eigenvalue weighted by Crippen LogP contribution is -1.94. The number of hydrogen-bond acceptors (Lipinski definition) is 0. The summed E-state index contributed by atoms with van der Waals surface area (Å²) in [6, 6.07) is 0. The highest BCUT2D eigenvalue weighted by atomic mass is 16.3. The number of rotatable bonds is 3. The summed E-state index contributed by atoms with van der Waals surface area (Å²) in [7, 11) is 0. The van der Waals surface area contributed by atoms with Crippen molar-refractivity contribution in [1.29, 1.82) is 0 Å². The van der Waals surface area contributed by atoms with Gasteiger partial charge in [-0.15, -0.1) is 0 Å². The monoisotopic (exact) mass is 113 g/mol. The van der Waals surface area contributed by atoms with Gasteiger partial charge in [0.2, 0.25) is 0 Å². The first-order chi connectivity index (χ1) is 3.81. The van der Waals surface area contributed by atoms with Gasteiger partial charge in [0.25, 0.3) is 0 Å². The first kappa shape index (κ1) is 7.70. The van der Waals surface area contributed by atoms with E-state index < -0.39 is 6.10 Å². The average Bonchev–Trinajstić information content (AvgIpc) is 1.83. The molecular formula is C7H13O. The minimum Gasteiger partial charge on any atom is -0.229 e. The lowest BCUT2D eigenvalue weighted by Gasteiger charge is -1.92. The molecule has 0 fully saturated rings. The van der Waals surface area contributed by atoms with Crippen molar-refractivity contribution in [2.45, 2.75) is 32.8 Å². The standard InChI is InChI=1S/C7H13O/c1-3-5-6-7(8)4-2/h5-7H,3-4H2,1-2H3/b6-5+. The number of allylic oxidation sites excluding steroid dienone is 1. The van der Waals surface area contributed by atoms with E-state index in [0.717, 1.165) is 6.42 Å². The van der Waals surface area contributed by atoms with Crippen LogP contribution in [0.3, 0.4) is 0 Å². The third kappa shape index (κ3) is 3.88. The molecule has 1 heteroatoms. The fourth-order valence-corrected chi connectivity index (χ4v) is 0.424. The normalized spacial score (nSPS) is 14.9. The Morgan fingerprint density at radius 1 is 1.50 bits per heavy atom. The van der Waals surface area contributed by atoms with Gasteiger partial charge in [-0.3, -0.25) is 0 Å². The van der Waals surface area contributed by atoms with Gasteiger partial charge in [-0.1, -0.05) is 26.0 Å². The Morgan fingerprint density at radius 3 is 2.50 bits per heavy atom. The molecule has 0 amide bonds. The van der Waals surface area contributed by atoms with Crippen molar-refractivity contribution in [2.24, 2.45) is 0 Å². The maximum absolute atomic E-state index is 10.6. The van der Waals surface area contributed by atoms with Crippen molar-refractivity contribution < 1.29 is 5.11 Å². The predicted molar refractivity (Wildman–Crippen MR) is 34.2 cm³/mol. The molecule has 0 aliphatic heterocycles. The summed E-state index contributed by atoms with van der Waals surface area (Å²) in [6.07, 6.45) is 4.84. The van der Waals surface area contributed by atoms with Crippen molar-refractivity contribution in [3.05, 3.63) is 12.2 Å². The summed E-state index contributed by atoms with van der Waals surface area (Å²) in [6.45, 7) is 3.93. The van der Waals surface area contributed by atoms with Gasteiger partial charge < -0.3 is 0 Å². The van der Waals surface area contributed by atoms with Gasteiger partial charge in [0.15, 0.2) is 0 Å². The fourth-order valence-electron chi connectivity index (χ4n) is 0.424. The SMILES string of the molecule is CC/C=C/C([O])CC. The van der Waals surface area contributed by atoms with Gasteiger partial charge in [-0.05, 0) is 12.8 Å². The van der Waals surface area contributed by atoms with Crippen molar-refractivity contribution in [3.8, 4) is 0 Å². The molecule has 0 aliphatic rings. The second-order valence-corrected chi connectivity index (χ2v) is 1.78. The van der Waals surface area contributed by atoms with Crippen molar-refractivity contribution in [2.75, 3.05) is 0 Å². The predicted octanol–water partition coefficient (Wildman–Crippen LogP) is 2.16. The second kappa shape index (κ2) is 4.85. The van der Waals surface area contributed by atoms with E-state index in [1.165, 1.54) is 0 Å². The van der Waals surface area contributed by atoms with Gasteiger partial charge in [-0.25, -0.2) is 5.11 Å². The van der Waals surface area contributed by atoms with Gasteiger partial charge in [0.1, 0.15) is 6.10 Å². The van der Waals surface area contributed by atoms with Crippen LogP contribution in [0, 0.1) is 0 Å². The smallest absolute Gasteiger partial charge is 0.111 e. The molecule has 0 rings (SSSR count). The topological polar surface area (TPSA) is 19.9 Å². The quantitative estimate of drug-likeness (QED) is 0.500. The Kier molecular flexibility index (Phi) is 4.67. The molecule has 0 aromatic heterocycles. The second-order valence-electron chi connectivity index (χ2n) is 1.78. The summed E-state index contributed by atoms with van der Waals surface area (Å²) in [5.41, 5.74) is 0. The van der Waals surface area contributed by atoms with Crippen molar-refractivity contribution in [1.82, 2.24) is 0 Å². The summed E-state index contributed by atoms with van der Waals surface area (Å²) < 4.78 is 0. The van der Waals surface area contributed by atoms with Crippen LogP contribution in [0.15, 0.2) is 12.2 Å². The largest absolute Gasteiger partial charge is 0.229 e. The van der Waals surface area contributed by atoms with E-state index in [-0.39, 0.29) is 0 Å². The third-order valence-electron chi connectivity index (χ3n) is 0.989. The van der Waals surface area contributed by atoms with Crippen LogP contribution < -0.4 is 0 Å². The van der Waals surface area contributed by atoms with Gasteiger partial charge >= 0.3 is 0 Å². The minimum absolute atomic E-state index is 0.477. The van der Waals surface area contributed by atoms with Crippen molar-refractivity contribution in [3.63, 3.8) is 0 Å². The molecule has 0 aliphatic carbocycles. The summed E-state index contributed by atoms with van der Waals surface area (Å²) in [5.74, 6) is 0. The summed E-state index contributed by atoms with van der Waals surface area (Å²) in [4.78, 5) is 0. The molecule has 0 saturated carbocycles. The molecule has 0 saturated heterocycles. The zero-order valence-electron chi connectivity index (χ0n) is 5.55. The fraction of sp³-hybridized carbons (Fsp3) is 0.714. The van der Waals surface area contributed by atoms with E-state index in [9.17, 15) is 5.11 Å². The average molecular weight is 113 g/mol. The van der Waals surface area contributed by atoms with Crippen LogP contribution in [-0.4, -0.2) is 6.10 Å². The number of hydrogen-bond donors (Lipinski definition) is 0. The third-order valence-corrected chi connectivity index (χ3v) is 0.989. The highest BCUT2D eigenvalue weighted by molar-refractivity contribution is 4.86. The van der Waals surface area contributed by atoms with E-state index in [2.05, 4.69) is 0 Å². The Balaban J connectivity index is 3.21. The van der Waals surface area contributed by atoms with E-state index in [4.69, 9.17) is 0 Å². The molecule has 47 valence electrons. The van der Waals surface area contributed by atoms with Crippen LogP contribution in [0.1, 0.15) is 26.7 Å². The van der Waals surface area contributed by atoms with Crippen LogP contribution in [0.4, 0.5) is 0 Å². The van der Waals surface area contributed by atoms with Crippen LogP contribution in [-0.2, 0) is 5.11 Å². The minimum atomic E-state index is -0.477. The first-order valence-electron chi connectivity index (χ1n) is 3.13. The van der Waals surface area contributed by atoms with Gasteiger partial charge in [0.05, 0.1) is 0 Å². The van der Waals surface area contributed by atoms with E-state index in [0.29, 0.717) is 6.42 Å². The summed E-state index contributed by atoms with van der Waals surface area (Å²) in [5, 5.41) is 10.6. The first-order valence-corrected chi connectivity index (χ1v) is 3.13. The lowest BCUT2D eigenvalue weighted by atomic mass is 10.2. The van der Waals surface area contributed by atoms with Crippen LogP contribution >= 0.6 is 0 Å². The molecule has 0 aromatic carbocycles. The molecule has 0 spiro atoms. The maximum Gasteiger partial charge on any atom is 0.111 e. The van der Waals surface area contributed by atoms with E-state index >= 15 is 0 Å². The highest BCUT2D eigenvalue weighted by Crippen LogP contribution is 1.92. The van der Waals surface area contributed by atoms with E-state index in [1.807, 2.05) is 19.9 Å². The lowest BCUT2D eigenvalue weighted by molar-refractivity contribution is 0.126. The maximum atomic E-state index is 10.6. The molecule has 1 atom stereocenters. The zero-order valence-corrected chi connectivity index (χ0v) is 5.55. The van der Waals surface area contributed by atoms with Crippen molar-refractivity contribution >= 4 is 0 Å². The summed E-state index contributed by atoms with van der Waals surface area (Å²) >= 11 is 0. The van der Waals surface area contributed by atoms with Gasteiger partial charge in [0, 0.05) is 0 Å². The van der Waals surface area contributed by atoms with Gasteiger partial charge in [-0.2, -0.15) is 0 Å². The van der Waals surface area contributed by atoms with E-state index in [1.54, 1.807) is 6.08 Å². The Morgan fingerprint density at radius 2 is 2.12 bits per heavy atom. The molecule has 0 N–H and O–H groups in total. The molecule has 0 heterocycles. The highest BCUT2D eigenvalue weighted by Gasteiger charge is 1.91.